The highest BCUT2D eigenvalue weighted by molar-refractivity contribution is 5.72. The van der Waals surface area contributed by atoms with Crippen molar-refractivity contribution in [2.75, 3.05) is 0 Å². The van der Waals surface area contributed by atoms with Crippen molar-refractivity contribution < 1.29 is 9.53 Å². The Bertz CT molecular complexity index is 379. The van der Waals surface area contributed by atoms with E-state index in [2.05, 4.69) is 0 Å². The smallest absolute Gasteiger partial charge is 0.311 e. The van der Waals surface area contributed by atoms with E-state index in [1.165, 1.54) is 0 Å². The van der Waals surface area contributed by atoms with Crippen LogP contribution in [0.1, 0.15) is 25.3 Å². The molecule has 0 fully saturated rings. The Morgan fingerprint density at radius 1 is 1.47 bits per heavy atom. The molecule has 0 saturated heterocycles. The molecule has 0 radical (unpaired) electrons. The highest BCUT2D eigenvalue weighted by Gasteiger charge is 2.07. The highest BCUT2D eigenvalue weighted by Crippen LogP contribution is 2.18. The molecule has 3 nitrogen and oxygen atoms in total. The molecule has 0 N–H and O–H groups in total. The normalized spacial score (nSPS) is 9.33. The molecule has 0 saturated carbocycles. The van der Waals surface area contributed by atoms with Gasteiger partial charge in [-0.05, 0) is 12.5 Å². The van der Waals surface area contributed by atoms with Crippen LogP contribution in [0.2, 0.25) is 0 Å². The molecule has 1 rings (SSSR count). The number of carbonyl (C=O) groups excluding carboxylic acids is 1. The average Bonchev–Trinajstić information content (AvgIpc) is 2.21. The lowest BCUT2D eigenvalue weighted by Crippen LogP contribution is -2.08. The van der Waals surface area contributed by atoms with Gasteiger partial charge in [0.25, 0.3) is 0 Å². The summed E-state index contributed by atoms with van der Waals surface area (Å²) in [6, 6.07) is 9.15. The second kappa shape index (κ2) is 5.82. The Morgan fingerprint density at radius 2 is 2.20 bits per heavy atom. The van der Waals surface area contributed by atoms with Gasteiger partial charge in [-0.15, -0.1) is 0 Å². The van der Waals surface area contributed by atoms with Gasteiger partial charge in [-0.1, -0.05) is 25.1 Å². The topological polar surface area (TPSA) is 50.1 Å². The van der Waals surface area contributed by atoms with Crippen LogP contribution in [-0.4, -0.2) is 5.97 Å². The number of nitriles is 1. The summed E-state index contributed by atoms with van der Waals surface area (Å²) in [5.74, 6) is 0.250. The lowest BCUT2D eigenvalue weighted by molar-refractivity contribution is -0.134. The van der Waals surface area contributed by atoms with E-state index in [0.29, 0.717) is 12.2 Å². The van der Waals surface area contributed by atoms with Crippen molar-refractivity contribution in [2.24, 2.45) is 0 Å². The Balaban J connectivity index is 2.76. The zero-order chi connectivity index (χ0) is 11.1. The SMILES string of the molecule is CCCC(=O)Oc1ccccc1CC#N. The molecule has 0 aromatic heterocycles. The molecule has 3 heteroatoms. The van der Waals surface area contributed by atoms with Crippen LogP contribution in [-0.2, 0) is 11.2 Å². The predicted molar refractivity (Wildman–Crippen MR) is 56.3 cm³/mol. The summed E-state index contributed by atoms with van der Waals surface area (Å²) in [5.41, 5.74) is 0.754. The van der Waals surface area contributed by atoms with Crippen LogP contribution in [0.3, 0.4) is 0 Å². The van der Waals surface area contributed by atoms with Crippen LogP contribution in [0.4, 0.5) is 0 Å². The zero-order valence-electron chi connectivity index (χ0n) is 8.69. The minimum atomic E-state index is -0.247. The van der Waals surface area contributed by atoms with E-state index < -0.39 is 0 Å². The molecule has 1 aromatic carbocycles. The third-order valence-corrected chi connectivity index (χ3v) is 1.92. The van der Waals surface area contributed by atoms with Crippen molar-refractivity contribution >= 4 is 5.97 Å². The number of nitrogens with zero attached hydrogens (tertiary/aromatic N) is 1. The number of benzene rings is 1. The monoisotopic (exact) mass is 203 g/mol. The second-order valence-electron chi connectivity index (χ2n) is 3.17. The molecule has 0 spiro atoms. The number of ether oxygens (including phenoxy) is 1. The highest BCUT2D eigenvalue weighted by atomic mass is 16.5. The first-order valence-corrected chi connectivity index (χ1v) is 4.93. The average molecular weight is 203 g/mol. The van der Waals surface area contributed by atoms with E-state index in [0.717, 1.165) is 12.0 Å². The van der Waals surface area contributed by atoms with Crippen LogP contribution in [0.5, 0.6) is 5.75 Å². The van der Waals surface area contributed by atoms with Gasteiger partial charge in [0.15, 0.2) is 0 Å². The van der Waals surface area contributed by atoms with Gasteiger partial charge in [0.2, 0.25) is 0 Å². The van der Waals surface area contributed by atoms with E-state index in [4.69, 9.17) is 10.00 Å². The third kappa shape index (κ3) is 3.43. The Morgan fingerprint density at radius 3 is 2.87 bits per heavy atom. The van der Waals surface area contributed by atoms with Crippen molar-refractivity contribution in [3.05, 3.63) is 29.8 Å². The van der Waals surface area contributed by atoms with Crippen LogP contribution < -0.4 is 4.74 Å². The largest absolute Gasteiger partial charge is 0.426 e. The number of hydrogen-bond donors (Lipinski definition) is 0. The zero-order valence-corrected chi connectivity index (χ0v) is 8.69. The fourth-order valence-corrected chi connectivity index (χ4v) is 1.21. The van der Waals surface area contributed by atoms with Crippen molar-refractivity contribution in [2.45, 2.75) is 26.2 Å². The van der Waals surface area contributed by atoms with Gasteiger partial charge in [-0.25, -0.2) is 0 Å². The number of rotatable bonds is 4. The molecule has 0 bridgehead atoms. The molecule has 0 aliphatic heterocycles. The molecule has 0 amide bonds. The Hall–Kier alpha value is -1.82. The molecule has 0 atom stereocenters. The summed E-state index contributed by atoms with van der Waals surface area (Å²) in [7, 11) is 0. The van der Waals surface area contributed by atoms with E-state index in [1.54, 1.807) is 18.2 Å². The van der Waals surface area contributed by atoms with Gasteiger partial charge in [-0.2, -0.15) is 5.26 Å². The molecule has 0 heterocycles. The summed E-state index contributed by atoms with van der Waals surface area (Å²) < 4.78 is 5.15. The van der Waals surface area contributed by atoms with Gasteiger partial charge < -0.3 is 4.74 Å². The Labute approximate surface area is 89.3 Å². The van der Waals surface area contributed by atoms with Crippen LogP contribution in [0.15, 0.2) is 24.3 Å². The maximum absolute atomic E-state index is 11.3. The molecular weight excluding hydrogens is 190 g/mol. The molecule has 1 aromatic rings. The maximum Gasteiger partial charge on any atom is 0.311 e. The first-order chi connectivity index (χ1) is 7.27. The first kappa shape index (κ1) is 11.3. The molecule has 0 aliphatic carbocycles. The summed E-state index contributed by atoms with van der Waals surface area (Å²) in [6.07, 6.45) is 1.43. The first-order valence-electron chi connectivity index (χ1n) is 4.93. The second-order valence-corrected chi connectivity index (χ2v) is 3.17. The van der Waals surface area contributed by atoms with Gasteiger partial charge >= 0.3 is 5.97 Å². The number of hydrogen-bond acceptors (Lipinski definition) is 3. The molecule has 0 unspecified atom stereocenters. The van der Waals surface area contributed by atoms with Crippen LogP contribution in [0, 0.1) is 11.3 Å². The van der Waals surface area contributed by atoms with Crippen molar-refractivity contribution in [3.63, 3.8) is 0 Å². The van der Waals surface area contributed by atoms with Crippen molar-refractivity contribution in [3.8, 4) is 11.8 Å². The predicted octanol–water partition coefficient (Wildman–Crippen LogP) is 2.46. The molecule has 0 aliphatic rings. The van der Waals surface area contributed by atoms with E-state index >= 15 is 0 Å². The molecular formula is C12H13NO2. The summed E-state index contributed by atoms with van der Waals surface area (Å²) in [4.78, 5) is 11.3. The quantitative estimate of drug-likeness (QED) is 0.558. The lowest BCUT2D eigenvalue weighted by atomic mass is 10.1. The number of esters is 1. The van der Waals surface area contributed by atoms with Gasteiger partial charge in [-0.3, -0.25) is 4.79 Å². The van der Waals surface area contributed by atoms with Crippen LogP contribution in [0.25, 0.3) is 0 Å². The standard InChI is InChI=1S/C12H13NO2/c1-2-5-12(14)15-11-7-4-3-6-10(11)8-9-13/h3-4,6-7H,2,5,8H2,1H3. The van der Waals surface area contributed by atoms with E-state index in [-0.39, 0.29) is 12.4 Å². The maximum atomic E-state index is 11.3. The lowest BCUT2D eigenvalue weighted by Gasteiger charge is -2.06. The van der Waals surface area contributed by atoms with Gasteiger partial charge in [0, 0.05) is 12.0 Å². The third-order valence-electron chi connectivity index (χ3n) is 1.92. The summed E-state index contributed by atoms with van der Waals surface area (Å²) in [5, 5.41) is 8.59. The van der Waals surface area contributed by atoms with Crippen molar-refractivity contribution in [1.29, 1.82) is 5.26 Å². The fraction of sp³-hybridized carbons (Fsp3) is 0.333. The summed E-state index contributed by atoms with van der Waals surface area (Å²) in [6.45, 7) is 1.92. The minimum Gasteiger partial charge on any atom is -0.426 e. The minimum absolute atomic E-state index is 0.247. The Kier molecular flexibility index (Phi) is 4.36. The number of carbonyl (C=O) groups is 1. The molecule has 15 heavy (non-hydrogen) atoms. The van der Waals surface area contributed by atoms with E-state index in [9.17, 15) is 4.79 Å². The molecule has 78 valence electrons. The van der Waals surface area contributed by atoms with Crippen LogP contribution >= 0.6 is 0 Å². The van der Waals surface area contributed by atoms with E-state index in [1.807, 2.05) is 19.1 Å². The fourth-order valence-electron chi connectivity index (χ4n) is 1.21. The van der Waals surface area contributed by atoms with Crippen molar-refractivity contribution in [1.82, 2.24) is 0 Å². The summed E-state index contributed by atoms with van der Waals surface area (Å²) >= 11 is 0. The number of para-hydroxylation sites is 1. The van der Waals surface area contributed by atoms with Gasteiger partial charge in [0.1, 0.15) is 5.75 Å². The van der Waals surface area contributed by atoms with Gasteiger partial charge in [0.05, 0.1) is 12.5 Å².